The number of ether oxygens (including phenoxy) is 1. The van der Waals surface area contributed by atoms with Crippen LogP contribution in [0.15, 0.2) is 12.1 Å². The number of hydrogen-bond donors (Lipinski definition) is 1. The second-order valence-corrected chi connectivity index (χ2v) is 3.34. The van der Waals surface area contributed by atoms with Crippen molar-refractivity contribution in [3.8, 4) is 5.75 Å². The molecule has 0 fully saturated rings. The molecule has 0 aliphatic rings. The first kappa shape index (κ1) is 14.2. The van der Waals surface area contributed by atoms with E-state index >= 15 is 0 Å². The number of hydrogen-bond acceptors (Lipinski definition) is 3. The smallest absolute Gasteiger partial charge is 0.420 e. The van der Waals surface area contributed by atoms with Gasteiger partial charge in [-0.3, -0.25) is 4.79 Å². The summed E-state index contributed by atoms with van der Waals surface area (Å²) in [5.74, 6) is -1.88. The Balaban J connectivity index is 3.46. The van der Waals surface area contributed by atoms with Crippen LogP contribution in [0.2, 0.25) is 0 Å². The Hall–Kier alpha value is -1.86. The lowest BCUT2D eigenvalue weighted by molar-refractivity contribution is -0.141. The summed E-state index contributed by atoms with van der Waals surface area (Å²) in [5, 5.41) is 0. The van der Waals surface area contributed by atoms with Gasteiger partial charge in [0.15, 0.2) is 11.5 Å². The van der Waals surface area contributed by atoms with Gasteiger partial charge in [-0.1, -0.05) is 0 Å². The SMILES string of the molecule is CC(=O)c1ccc(C(F)(F)F)c(OC(F)F)c1N. The number of anilines is 1. The van der Waals surface area contributed by atoms with Crippen LogP contribution in [0.5, 0.6) is 5.75 Å². The van der Waals surface area contributed by atoms with Crippen molar-refractivity contribution >= 4 is 11.5 Å². The van der Waals surface area contributed by atoms with Crippen LogP contribution < -0.4 is 10.5 Å². The van der Waals surface area contributed by atoms with Gasteiger partial charge in [0.25, 0.3) is 0 Å². The second-order valence-electron chi connectivity index (χ2n) is 3.34. The molecule has 0 aromatic heterocycles. The first-order chi connectivity index (χ1) is 8.14. The van der Waals surface area contributed by atoms with E-state index in [4.69, 9.17) is 5.73 Å². The predicted molar refractivity (Wildman–Crippen MR) is 52.5 cm³/mol. The van der Waals surface area contributed by atoms with Crippen molar-refractivity contribution < 1.29 is 31.5 Å². The highest BCUT2D eigenvalue weighted by molar-refractivity contribution is 6.00. The molecule has 3 nitrogen and oxygen atoms in total. The van der Waals surface area contributed by atoms with E-state index in [2.05, 4.69) is 4.74 Å². The van der Waals surface area contributed by atoms with Gasteiger partial charge in [0.05, 0.1) is 11.3 Å². The Labute approximate surface area is 98.3 Å². The zero-order chi connectivity index (χ0) is 14.1. The lowest BCUT2D eigenvalue weighted by atomic mass is 10.0. The molecule has 1 rings (SSSR count). The summed E-state index contributed by atoms with van der Waals surface area (Å²) in [6.45, 7) is -2.43. The molecule has 2 N–H and O–H groups in total. The lowest BCUT2D eigenvalue weighted by Crippen LogP contribution is -2.15. The average Bonchev–Trinajstić information content (AvgIpc) is 2.17. The molecule has 0 spiro atoms. The number of benzene rings is 1. The molecule has 0 radical (unpaired) electrons. The van der Waals surface area contributed by atoms with Crippen LogP contribution in [-0.4, -0.2) is 12.4 Å². The first-order valence-electron chi connectivity index (χ1n) is 4.60. The molecule has 0 aliphatic heterocycles. The first-order valence-corrected chi connectivity index (χ1v) is 4.60. The van der Waals surface area contributed by atoms with E-state index in [1.165, 1.54) is 0 Å². The molecule has 1 aromatic carbocycles. The maximum atomic E-state index is 12.5. The summed E-state index contributed by atoms with van der Waals surface area (Å²) in [5.41, 5.74) is 2.74. The van der Waals surface area contributed by atoms with Crippen LogP contribution in [0.4, 0.5) is 27.6 Å². The fourth-order valence-electron chi connectivity index (χ4n) is 1.35. The predicted octanol–water partition coefficient (Wildman–Crippen LogP) is 3.09. The molecule has 0 saturated carbocycles. The molecule has 8 heteroatoms. The lowest BCUT2D eigenvalue weighted by Gasteiger charge is -2.16. The fraction of sp³-hybridized carbons (Fsp3) is 0.300. The van der Waals surface area contributed by atoms with Gasteiger partial charge in [-0.15, -0.1) is 0 Å². The van der Waals surface area contributed by atoms with Crippen molar-refractivity contribution in [2.24, 2.45) is 0 Å². The van der Waals surface area contributed by atoms with Crippen molar-refractivity contribution in [2.75, 3.05) is 5.73 Å². The second kappa shape index (κ2) is 4.79. The molecule has 0 unspecified atom stereocenters. The minimum atomic E-state index is -4.91. The molecular formula is C10H8F5NO2. The van der Waals surface area contributed by atoms with E-state index in [1.54, 1.807) is 0 Å². The zero-order valence-corrected chi connectivity index (χ0v) is 9.02. The van der Waals surface area contributed by atoms with Crippen LogP contribution in [0.3, 0.4) is 0 Å². The summed E-state index contributed by atoms with van der Waals surface area (Å²) in [4.78, 5) is 11.1. The van der Waals surface area contributed by atoms with Gasteiger partial charge in [0, 0.05) is 5.56 Å². The fourth-order valence-corrected chi connectivity index (χ4v) is 1.35. The largest absolute Gasteiger partial charge is 0.432 e. The molecule has 18 heavy (non-hydrogen) atoms. The van der Waals surface area contributed by atoms with Crippen molar-refractivity contribution in [1.82, 2.24) is 0 Å². The van der Waals surface area contributed by atoms with E-state index in [1.807, 2.05) is 0 Å². The van der Waals surface area contributed by atoms with E-state index in [0.29, 0.717) is 6.07 Å². The Morgan fingerprint density at radius 2 is 1.89 bits per heavy atom. The number of Topliss-reactive ketones (excluding diaryl/α,β-unsaturated/α-hetero) is 1. The average molecular weight is 269 g/mol. The van der Waals surface area contributed by atoms with Crippen molar-refractivity contribution in [3.05, 3.63) is 23.3 Å². The van der Waals surface area contributed by atoms with Crippen LogP contribution >= 0.6 is 0 Å². The monoisotopic (exact) mass is 269 g/mol. The van der Waals surface area contributed by atoms with Gasteiger partial charge in [-0.05, 0) is 19.1 Å². The molecule has 1 aromatic rings. The normalized spacial score (nSPS) is 11.7. The van der Waals surface area contributed by atoms with Crippen molar-refractivity contribution in [2.45, 2.75) is 19.7 Å². The molecule has 0 amide bonds. The third-order valence-corrected chi connectivity index (χ3v) is 2.09. The summed E-state index contributed by atoms with van der Waals surface area (Å²) in [6.07, 6.45) is -4.91. The molecule has 0 saturated heterocycles. The molecular weight excluding hydrogens is 261 g/mol. The van der Waals surface area contributed by atoms with Gasteiger partial charge < -0.3 is 10.5 Å². The molecule has 0 heterocycles. The van der Waals surface area contributed by atoms with E-state index in [9.17, 15) is 26.7 Å². The Kier molecular flexibility index (Phi) is 3.78. The van der Waals surface area contributed by atoms with E-state index in [0.717, 1.165) is 13.0 Å². The number of nitrogen functional groups attached to an aromatic ring is 1. The molecule has 0 atom stereocenters. The number of rotatable bonds is 3. The van der Waals surface area contributed by atoms with E-state index in [-0.39, 0.29) is 5.56 Å². The van der Waals surface area contributed by atoms with Crippen LogP contribution in [0.25, 0.3) is 0 Å². The van der Waals surface area contributed by atoms with E-state index < -0.39 is 35.6 Å². The summed E-state index contributed by atoms with van der Waals surface area (Å²) in [6, 6.07) is 1.30. The Morgan fingerprint density at radius 1 is 1.33 bits per heavy atom. The minimum Gasteiger partial charge on any atom is -0.432 e. The van der Waals surface area contributed by atoms with Crippen molar-refractivity contribution in [1.29, 1.82) is 0 Å². The van der Waals surface area contributed by atoms with Crippen molar-refractivity contribution in [3.63, 3.8) is 0 Å². The molecule has 0 aliphatic carbocycles. The zero-order valence-electron chi connectivity index (χ0n) is 9.02. The van der Waals surface area contributed by atoms with Gasteiger partial charge in [0.1, 0.15) is 0 Å². The highest BCUT2D eigenvalue weighted by Gasteiger charge is 2.37. The van der Waals surface area contributed by atoms with Gasteiger partial charge >= 0.3 is 12.8 Å². The topological polar surface area (TPSA) is 52.3 Å². The van der Waals surface area contributed by atoms with Gasteiger partial charge in [-0.25, -0.2) is 0 Å². The number of halogens is 5. The Morgan fingerprint density at radius 3 is 2.28 bits per heavy atom. The van der Waals surface area contributed by atoms with Crippen LogP contribution in [0, 0.1) is 0 Å². The summed E-state index contributed by atoms with van der Waals surface area (Å²) < 4.78 is 65.5. The standard InChI is InChI=1S/C10H8F5NO2/c1-4(17)5-2-3-6(10(13,14)15)8(7(5)16)18-9(11)12/h2-3,9H,16H2,1H3. The van der Waals surface area contributed by atoms with Gasteiger partial charge in [0.2, 0.25) is 0 Å². The minimum absolute atomic E-state index is 0.307. The maximum Gasteiger partial charge on any atom is 0.420 e. The third-order valence-electron chi connectivity index (χ3n) is 2.09. The number of nitrogens with two attached hydrogens (primary N) is 1. The highest BCUT2D eigenvalue weighted by atomic mass is 19.4. The maximum absolute atomic E-state index is 12.5. The molecule has 100 valence electrons. The number of alkyl halides is 5. The van der Waals surface area contributed by atoms with Crippen LogP contribution in [-0.2, 0) is 6.18 Å². The quantitative estimate of drug-likeness (QED) is 0.521. The Bertz CT molecular complexity index is 470. The summed E-state index contributed by atoms with van der Waals surface area (Å²) in [7, 11) is 0. The number of carbonyl (C=O) groups excluding carboxylic acids is 1. The highest BCUT2D eigenvalue weighted by Crippen LogP contribution is 2.41. The van der Waals surface area contributed by atoms with Crippen LogP contribution in [0.1, 0.15) is 22.8 Å². The molecule has 0 bridgehead atoms. The van der Waals surface area contributed by atoms with Gasteiger partial charge in [-0.2, -0.15) is 22.0 Å². The number of carbonyl (C=O) groups is 1. The summed E-state index contributed by atoms with van der Waals surface area (Å²) >= 11 is 0. The number of ketones is 1. The third kappa shape index (κ3) is 2.88.